The summed E-state index contributed by atoms with van der Waals surface area (Å²) in [6.07, 6.45) is 0. The molecular weight excluding hydrogens is 345 g/mol. The molecule has 0 fully saturated rings. The molecule has 10 heteroatoms. The Morgan fingerprint density at radius 3 is 2.54 bits per heavy atom. The number of rotatable bonds is 6. The summed E-state index contributed by atoms with van der Waals surface area (Å²) >= 11 is 0. The molecule has 26 heavy (non-hydrogen) atoms. The van der Waals surface area contributed by atoms with Gasteiger partial charge in [0, 0.05) is 30.8 Å². The van der Waals surface area contributed by atoms with Crippen LogP contribution in [0.25, 0.3) is 37.2 Å². The Labute approximate surface area is 173 Å². The molecular formula is C16H18N7NaO2. The minimum absolute atomic E-state index is 0. The third kappa shape index (κ3) is 7.23. The summed E-state index contributed by atoms with van der Waals surface area (Å²) in [5, 5.41) is 8.58. The molecule has 0 spiro atoms. The standard InChI is InChI=1S/C16H18N4O2.N3.Na/c1-11(21)18-9-13(10-19-20-17)15-5-3-4-12-6-7-14(22-2)8-16(12)15;1-3-2;/h3-8,13H,9-10H2,1-2H3,(H,18,21);;/q;-1;+1. The molecule has 0 aromatic heterocycles. The third-order valence-electron chi connectivity index (χ3n) is 3.53. The number of azide groups is 1. The maximum absolute atomic E-state index is 11.2. The van der Waals surface area contributed by atoms with E-state index in [1.807, 2.05) is 36.4 Å². The van der Waals surface area contributed by atoms with Gasteiger partial charge in [0.2, 0.25) is 5.91 Å². The molecule has 0 saturated heterocycles. The van der Waals surface area contributed by atoms with E-state index in [1.165, 1.54) is 11.8 Å². The smallest absolute Gasteiger partial charge is 0.497 e. The quantitative estimate of drug-likeness (QED) is 0.356. The summed E-state index contributed by atoms with van der Waals surface area (Å²) in [6.45, 7) is 2.18. The molecule has 0 aliphatic rings. The van der Waals surface area contributed by atoms with E-state index in [-0.39, 0.29) is 47.9 Å². The summed E-state index contributed by atoms with van der Waals surface area (Å²) in [4.78, 5) is 15.5. The van der Waals surface area contributed by atoms with Gasteiger partial charge in [-0.05, 0) is 34.0 Å². The number of hydrogen-bond donors (Lipinski definition) is 1. The Kier molecular flexibility index (Phi) is 11.7. The molecule has 0 bridgehead atoms. The average molecular weight is 363 g/mol. The summed E-state index contributed by atoms with van der Waals surface area (Å²) in [5.74, 6) is 0.571. The SMILES string of the molecule is COc1ccc2cccc(C(CN=[N+]=[N-])CNC(C)=O)c2c1.[N-]=[N+]=[N-].[Na+]. The maximum atomic E-state index is 11.2. The molecule has 130 valence electrons. The number of hydrogen-bond acceptors (Lipinski definition) is 3. The summed E-state index contributed by atoms with van der Waals surface area (Å²) in [5.41, 5.74) is 23.1. The van der Waals surface area contributed by atoms with E-state index >= 15 is 0 Å². The van der Waals surface area contributed by atoms with Crippen molar-refractivity contribution in [3.63, 3.8) is 0 Å². The number of amides is 1. The van der Waals surface area contributed by atoms with Crippen LogP contribution in [0.2, 0.25) is 0 Å². The van der Waals surface area contributed by atoms with Gasteiger partial charge in [-0.25, -0.2) is 0 Å². The van der Waals surface area contributed by atoms with E-state index in [4.69, 9.17) is 21.3 Å². The van der Waals surface area contributed by atoms with Crippen LogP contribution in [-0.4, -0.2) is 26.1 Å². The fraction of sp³-hybridized carbons (Fsp3) is 0.312. The van der Waals surface area contributed by atoms with Gasteiger partial charge in [-0.2, -0.15) is 0 Å². The molecule has 2 aromatic rings. The Bertz CT molecular complexity index is 815. The van der Waals surface area contributed by atoms with Gasteiger partial charge in [0.25, 0.3) is 0 Å². The topological polar surface area (TPSA) is 146 Å². The Morgan fingerprint density at radius 2 is 1.96 bits per heavy atom. The van der Waals surface area contributed by atoms with Crippen LogP contribution in [-0.2, 0) is 4.79 Å². The van der Waals surface area contributed by atoms with E-state index in [9.17, 15) is 4.79 Å². The molecule has 0 aliphatic carbocycles. The van der Waals surface area contributed by atoms with Crippen molar-refractivity contribution in [3.05, 3.63) is 68.4 Å². The van der Waals surface area contributed by atoms with E-state index < -0.39 is 0 Å². The second-order valence-electron chi connectivity index (χ2n) is 5.07. The first-order valence-electron chi connectivity index (χ1n) is 7.37. The fourth-order valence-electron chi connectivity index (χ4n) is 2.43. The largest absolute Gasteiger partial charge is 1.00 e. The molecule has 0 saturated carbocycles. The number of benzene rings is 2. The Balaban J connectivity index is 0.00000146. The zero-order chi connectivity index (χ0) is 18.7. The van der Waals surface area contributed by atoms with E-state index in [1.54, 1.807) is 7.11 Å². The van der Waals surface area contributed by atoms with Crippen LogP contribution >= 0.6 is 0 Å². The summed E-state index contributed by atoms with van der Waals surface area (Å²) < 4.78 is 5.28. The van der Waals surface area contributed by atoms with Crippen LogP contribution in [0.3, 0.4) is 0 Å². The van der Waals surface area contributed by atoms with Gasteiger partial charge >= 0.3 is 29.6 Å². The van der Waals surface area contributed by atoms with Crippen molar-refractivity contribution < 1.29 is 39.1 Å². The minimum Gasteiger partial charge on any atom is -0.497 e. The molecule has 1 amide bonds. The molecule has 0 aliphatic heterocycles. The van der Waals surface area contributed by atoms with Crippen molar-refractivity contribution in [1.29, 1.82) is 0 Å². The molecule has 2 aromatic carbocycles. The number of fused-ring (bicyclic) bond motifs is 1. The van der Waals surface area contributed by atoms with Gasteiger partial charge in [-0.1, -0.05) is 29.4 Å². The van der Waals surface area contributed by atoms with Crippen LogP contribution in [0.15, 0.2) is 41.5 Å². The Hall–Kier alpha value is -2.41. The number of ether oxygens (including phenoxy) is 1. The normalized spacial score (nSPS) is 10.1. The van der Waals surface area contributed by atoms with Gasteiger partial charge in [0.15, 0.2) is 0 Å². The molecule has 1 atom stereocenters. The first-order valence-corrected chi connectivity index (χ1v) is 7.37. The molecule has 0 heterocycles. The molecule has 0 radical (unpaired) electrons. The van der Waals surface area contributed by atoms with Crippen LogP contribution in [0.4, 0.5) is 0 Å². The van der Waals surface area contributed by atoms with Crippen molar-refractivity contribution in [2.24, 2.45) is 5.11 Å². The number of carbonyl (C=O) groups excluding carboxylic acids is 1. The zero-order valence-electron chi connectivity index (χ0n) is 15.0. The van der Waals surface area contributed by atoms with Crippen LogP contribution in [0, 0.1) is 0 Å². The molecule has 1 N–H and O–H groups in total. The fourth-order valence-corrected chi connectivity index (χ4v) is 2.43. The van der Waals surface area contributed by atoms with Crippen molar-refractivity contribution in [3.8, 4) is 5.75 Å². The first-order chi connectivity index (χ1) is 12.1. The molecule has 9 nitrogen and oxygen atoms in total. The van der Waals surface area contributed by atoms with Gasteiger partial charge in [-0.15, -0.1) is 0 Å². The van der Waals surface area contributed by atoms with Crippen LogP contribution in [0.1, 0.15) is 18.4 Å². The predicted octanol–water partition coefficient (Wildman–Crippen LogP) is 1.25. The number of methoxy groups -OCH3 is 1. The molecule has 2 rings (SSSR count). The van der Waals surface area contributed by atoms with E-state index in [0.29, 0.717) is 6.54 Å². The Morgan fingerprint density at radius 1 is 1.27 bits per heavy atom. The zero-order valence-corrected chi connectivity index (χ0v) is 17.0. The number of carbonyl (C=O) groups is 1. The first kappa shape index (κ1) is 23.6. The third-order valence-corrected chi connectivity index (χ3v) is 3.53. The maximum Gasteiger partial charge on any atom is 1.00 e. The number of nitrogens with one attached hydrogen (secondary N) is 1. The monoisotopic (exact) mass is 363 g/mol. The second kappa shape index (κ2) is 12.9. The van der Waals surface area contributed by atoms with Crippen LogP contribution < -0.4 is 39.6 Å². The number of nitrogens with zero attached hydrogens (tertiary/aromatic N) is 6. The van der Waals surface area contributed by atoms with E-state index in [2.05, 4.69) is 15.3 Å². The van der Waals surface area contributed by atoms with Gasteiger partial charge in [0.05, 0.1) is 7.11 Å². The predicted molar refractivity (Wildman–Crippen MR) is 96.0 cm³/mol. The van der Waals surface area contributed by atoms with Gasteiger partial charge in [-0.3, -0.25) is 9.71 Å². The summed E-state index contributed by atoms with van der Waals surface area (Å²) in [7, 11) is 1.62. The van der Waals surface area contributed by atoms with E-state index in [0.717, 1.165) is 22.1 Å². The minimum atomic E-state index is -0.108. The summed E-state index contributed by atoms with van der Waals surface area (Å²) in [6, 6.07) is 11.8. The molecule has 1 unspecified atom stereocenters. The average Bonchev–Trinajstić information content (AvgIpc) is 2.61. The second-order valence-corrected chi connectivity index (χ2v) is 5.07. The van der Waals surface area contributed by atoms with Crippen molar-refractivity contribution in [2.75, 3.05) is 20.2 Å². The van der Waals surface area contributed by atoms with Crippen LogP contribution in [0.5, 0.6) is 5.75 Å². The van der Waals surface area contributed by atoms with Gasteiger partial charge in [0.1, 0.15) is 5.75 Å². The van der Waals surface area contributed by atoms with Crippen molar-refractivity contribution in [1.82, 2.24) is 5.32 Å². The van der Waals surface area contributed by atoms with Crippen molar-refractivity contribution in [2.45, 2.75) is 12.8 Å². The van der Waals surface area contributed by atoms with Crippen molar-refractivity contribution >= 4 is 16.7 Å². The van der Waals surface area contributed by atoms with Gasteiger partial charge < -0.3 is 21.1 Å².